The maximum absolute atomic E-state index is 14.0. The zero-order valence-corrected chi connectivity index (χ0v) is 15.9. The molecule has 0 aliphatic carbocycles. The highest BCUT2D eigenvalue weighted by Gasteiger charge is 2.37. The summed E-state index contributed by atoms with van der Waals surface area (Å²) in [5, 5.41) is 14.7. The second-order valence-corrected chi connectivity index (χ2v) is 7.19. The average Bonchev–Trinajstić information content (AvgIpc) is 3.27. The van der Waals surface area contributed by atoms with Crippen LogP contribution in [0.25, 0.3) is 0 Å². The first-order valence-corrected chi connectivity index (χ1v) is 8.91. The van der Waals surface area contributed by atoms with Crippen LogP contribution in [0.4, 0.5) is 4.39 Å². The van der Waals surface area contributed by atoms with Crippen LogP contribution in [0.3, 0.4) is 0 Å². The van der Waals surface area contributed by atoms with E-state index in [1.54, 1.807) is 17.8 Å². The van der Waals surface area contributed by atoms with Crippen LogP contribution in [0.15, 0.2) is 12.3 Å². The monoisotopic (exact) mass is 377 g/mol. The number of hydrogen-bond donors (Lipinski definition) is 1. The van der Waals surface area contributed by atoms with E-state index in [0.717, 1.165) is 5.69 Å². The number of nitrogens with zero attached hydrogens (tertiary/aromatic N) is 6. The Kier molecular flexibility index (Phi) is 5.24. The molecular formula is C17H24FN7O2. The van der Waals surface area contributed by atoms with Gasteiger partial charge in [-0.1, -0.05) is 5.21 Å². The minimum absolute atomic E-state index is 0.0141. The summed E-state index contributed by atoms with van der Waals surface area (Å²) in [7, 11) is 1.75. The van der Waals surface area contributed by atoms with Crippen LogP contribution in [0.2, 0.25) is 0 Å². The molecule has 0 spiro atoms. The summed E-state index contributed by atoms with van der Waals surface area (Å²) in [6.07, 6.45) is 0.623. The number of nitrogens with one attached hydrogen (secondary N) is 1. The lowest BCUT2D eigenvalue weighted by Crippen LogP contribution is -2.38. The summed E-state index contributed by atoms with van der Waals surface area (Å²) in [5.41, 5.74) is 1.34. The van der Waals surface area contributed by atoms with E-state index >= 15 is 0 Å². The SMILES string of the molecule is Cc1cc(C(=O)N2C[C@@H](F)C[C@H]2Cn2cc(C(=O)NC(C)C)nn2)nn1C. The van der Waals surface area contributed by atoms with E-state index in [1.807, 2.05) is 20.8 Å². The lowest BCUT2D eigenvalue weighted by Gasteiger charge is -2.23. The van der Waals surface area contributed by atoms with Crippen molar-refractivity contribution in [3.63, 3.8) is 0 Å². The summed E-state index contributed by atoms with van der Waals surface area (Å²) in [6, 6.07) is 1.30. The Bertz CT molecular complexity index is 825. The van der Waals surface area contributed by atoms with Crippen molar-refractivity contribution in [1.29, 1.82) is 0 Å². The first kappa shape index (κ1) is 19.0. The van der Waals surface area contributed by atoms with Crippen molar-refractivity contribution in [2.24, 2.45) is 7.05 Å². The predicted octanol–water partition coefficient (Wildman–Crippen LogP) is 0.711. The van der Waals surface area contributed by atoms with Gasteiger partial charge in [-0.25, -0.2) is 9.07 Å². The molecule has 0 unspecified atom stereocenters. The normalized spacial score (nSPS) is 19.7. The molecule has 0 bridgehead atoms. The van der Waals surface area contributed by atoms with E-state index in [-0.39, 0.29) is 49.1 Å². The fourth-order valence-electron chi connectivity index (χ4n) is 3.14. The van der Waals surface area contributed by atoms with Crippen LogP contribution in [0.1, 0.15) is 46.9 Å². The number of aromatic nitrogens is 5. The molecule has 27 heavy (non-hydrogen) atoms. The highest BCUT2D eigenvalue weighted by Crippen LogP contribution is 2.24. The van der Waals surface area contributed by atoms with Crippen molar-refractivity contribution in [3.05, 3.63) is 29.3 Å². The number of halogens is 1. The fourth-order valence-corrected chi connectivity index (χ4v) is 3.14. The first-order valence-electron chi connectivity index (χ1n) is 8.91. The third kappa shape index (κ3) is 4.15. The van der Waals surface area contributed by atoms with Gasteiger partial charge in [0.15, 0.2) is 11.4 Å². The lowest BCUT2D eigenvalue weighted by atomic mass is 10.2. The van der Waals surface area contributed by atoms with Crippen LogP contribution in [0, 0.1) is 6.92 Å². The molecule has 0 saturated carbocycles. The summed E-state index contributed by atoms with van der Waals surface area (Å²) in [5.74, 6) is -0.621. The molecule has 3 rings (SSSR count). The van der Waals surface area contributed by atoms with Crippen molar-refractivity contribution in [1.82, 2.24) is 35.0 Å². The largest absolute Gasteiger partial charge is 0.348 e. The van der Waals surface area contributed by atoms with Gasteiger partial charge < -0.3 is 10.2 Å². The Morgan fingerprint density at radius 1 is 1.37 bits per heavy atom. The van der Waals surface area contributed by atoms with Crippen molar-refractivity contribution in [2.45, 2.75) is 52.0 Å². The molecule has 1 aliphatic heterocycles. The van der Waals surface area contributed by atoms with Crippen molar-refractivity contribution in [3.8, 4) is 0 Å². The van der Waals surface area contributed by atoms with Crippen LogP contribution in [-0.4, -0.2) is 66.3 Å². The van der Waals surface area contributed by atoms with Crippen LogP contribution < -0.4 is 5.32 Å². The number of likely N-dealkylation sites (tertiary alicyclic amines) is 1. The second-order valence-electron chi connectivity index (χ2n) is 7.19. The number of aryl methyl sites for hydroxylation is 2. The highest BCUT2D eigenvalue weighted by atomic mass is 19.1. The third-order valence-corrected chi connectivity index (χ3v) is 4.55. The molecule has 2 aromatic rings. The maximum atomic E-state index is 14.0. The van der Waals surface area contributed by atoms with Gasteiger partial charge in [-0.3, -0.25) is 14.3 Å². The summed E-state index contributed by atoms with van der Waals surface area (Å²) >= 11 is 0. The van der Waals surface area contributed by atoms with Crippen molar-refractivity contribution >= 4 is 11.8 Å². The molecular weight excluding hydrogens is 353 g/mol. The van der Waals surface area contributed by atoms with Gasteiger partial charge in [0.2, 0.25) is 0 Å². The Labute approximate surface area is 156 Å². The number of carbonyl (C=O) groups is 2. The molecule has 1 saturated heterocycles. The fraction of sp³-hybridized carbons (Fsp3) is 0.588. The quantitative estimate of drug-likeness (QED) is 0.828. The molecule has 2 aromatic heterocycles. The van der Waals surface area contributed by atoms with E-state index in [9.17, 15) is 14.0 Å². The van der Waals surface area contributed by atoms with E-state index in [4.69, 9.17) is 0 Å². The van der Waals surface area contributed by atoms with Crippen molar-refractivity contribution < 1.29 is 14.0 Å². The van der Waals surface area contributed by atoms with Gasteiger partial charge in [0.1, 0.15) is 6.17 Å². The molecule has 3 heterocycles. The van der Waals surface area contributed by atoms with Crippen LogP contribution in [-0.2, 0) is 13.6 Å². The van der Waals surface area contributed by atoms with E-state index in [1.165, 1.54) is 15.8 Å². The third-order valence-electron chi connectivity index (χ3n) is 4.55. The molecule has 1 fully saturated rings. The number of alkyl halides is 1. The average molecular weight is 377 g/mol. The topological polar surface area (TPSA) is 97.9 Å². The summed E-state index contributed by atoms with van der Waals surface area (Å²) < 4.78 is 17.1. The van der Waals surface area contributed by atoms with E-state index < -0.39 is 6.17 Å². The Balaban J connectivity index is 1.72. The minimum atomic E-state index is -1.10. The molecule has 2 amide bonds. The smallest absolute Gasteiger partial charge is 0.274 e. The van der Waals surface area contributed by atoms with Gasteiger partial charge in [-0.15, -0.1) is 5.10 Å². The predicted molar refractivity (Wildman–Crippen MR) is 94.9 cm³/mol. The maximum Gasteiger partial charge on any atom is 0.274 e. The Hall–Kier alpha value is -2.78. The highest BCUT2D eigenvalue weighted by molar-refractivity contribution is 5.93. The molecule has 0 radical (unpaired) electrons. The molecule has 10 heteroatoms. The van der Waals surface area contributed by atoms with E-state index in [2.05, 4.69) is 20.7 Å². The van der Waals surface area contributed by atoms with Gasteiger partial charge in [-0.2, -0.15) is 5.10 Å². The number of hydrogen-bond acceptors (Lipinski definition) is 5. The van der Waals surface area contributed by atoms with Gasteiger partial charge in [-0.05, 0) is 26.8 Å². The zero-order valence-electron chi connectivity index (χ0n) is 15.9. The molecule has 0 aromatic carbocycles. The molecule has 1 N–H and O–H groups in total. The Morgan fingerprint density at radius 3 is 2.74 bits per heavy atom. The van der Waals surface area contributed by atoms with Crippen LogP contribution >= 0.6 is 0 Å². The molecule has 1 aliphatic rings. The summed E-state index contributed by atoms with van der Waals surface area (Å²) in [4.78, 5) is 26.2. The first-order chi connectivity index (χ1) is 12.7. The molecule has 2 atom stereocenters. The number of rotatable bonds is 5. The van der Waals surface area contributed by atoms with Crippen LogP contribution in [0.5, 0.6) is 0 Å². The van der Waals surface area contributed by atoms with Crippen molar-refractivity contribution in [2.75, 3.05) is 6.54 Å². The van der Waals surface area contributed by atoms with Gasteiger partial charge in [0, 0.05) is 25.2 Å². The lowest BCUT2D eigenvalue weighted by molar-refractivity contribution is 0.0707. The summed E-state index contributed by atoms with van der Waals surface area (Å²) in [6.45, 7) is 5.84. The second kappa shape index (κ2) is 7.45. The minimum Gasteiger partial charge on any atom is -0.348 e. The number of carbonyl (C=O) groups excluding carboxylic acids is 2. The standard InChI is InChI=1S/C17H24FN7O2/c1-10(2)19-16(26)15-9-24(22-20-15)8-13-6-12(18)7-25(13)17(27)14-5-11(3)23(4)21-14/h5,9-10,12-13H,6-8H2,1-4H3,(H,19,26)/t12-,13-/m0/s1. The molecule has 9 nitrogen and oxygen atoms in total. The van der Waals surface area contributed by atoms with Gasteiger partial charge in [0.05, 0.1) is 25.3 Å². The van der Waals surface area contributed by atoms with Gasteiger partial charge >= 0.3 is 0 Å². The van der Waals surface area contributed by atoms with E-state index in [0.29, 0.717) is 5.69 Å². The number of amides is 2. The Morgan fingerprint density at radius 2 is 2.11 bits per heavy atom. The molecule has 146 valence electrons. The zero-order chi connectivity index (χ0) is 19.7. The van der Waals surface area contributed by atoms with Gasteiger partial charge in [0.25, 0.3) is 11.8 Å².